The zero-order chi connectivity index (χ0) is 16.8. The maximum absolute atomic E-state index is 12.0. The molecule has 1 heterocycles. The van der Waals surface area contributed by atoms with E-state index in [-0.39, 0.29) is 30.4 Å². The van der Waals surface area contributed by atoms with Crippen molar-refractivity contribution in [3.63, 3.8) is 0 Å². The van der Waals surface area contributed by atoms with Crippen molar-refractivity contribution < 1.29 is 19.1 Å². The molecular formula is C16H21ClN2O4. The average Bonchev–Trinajstić information content (AvgIpc) is 2.52. The number of methoxy groups -OCH3 is 1. The first-order valence-electron chi connectivity index (χ1n) is 7.46. The smallest absolute Gasteiger partial charge is 0.233 e. The minimum Gasteiger partial charge on any atom is -0.379 e. The van der Waals surface area contributed by atoms with Gasteiger partial charge in [-0.2, -0.15) is 0 Å². The van der Waals surface area contributed by atoms with Crippen molar-refractivity contribution in [1.82, 2.24) is 5.32 Å². The van der Waals surface area contributed by atoms with Gasteiger partial charge < -0.3 is 20.1 Å². The lowest BCUT2D eigenvalue weighted by Gasteiger charge is -2.30. The number of anilines is 1. The predicted octanol–water partition coefficient (Wildman–Crippen LogP) is 1.90. The van der Waals surface area contributed by atoms with E-state index in [0.717, 1.165) is 5.56 Å². The Bertz CT molecular complexity index is 579. The van der Waals surface area contributed by atoms with Crippen molar-refractivity contribution in [3.8, 4) is 0 Å². The molecule has 0 radical (unpaired) electrons. The zero-order valence-corrected chi connectivity index (χ0v) is 14.0. The number of nitrogens with one attached hydrogen (secondary N) is 2. The first kappa shape index (κ1) is 17.7. The molecule has 7 heteroatoms. The minimum absolute atomic E-state index is 0.137. The number of carbonyl (C=O) groups excluding carboxylic acids is 2. The molecule has 6 nitrogen and oxygen atoms in total. The predicted molar refractivity (Wildman–Crippen MR) is 87.6 cm³/mol. The van der Waals surface area contributed by atoms with E-state index < -0.39 is 0 Å². The van der Waals surface area contributed by atoms with Crippen LogP contribution in [0.1, 0.15) is 18.4 Å². The Morgan fingerprint density at radius 1 is 1.39 bits per heavy atom. The second kappa shape index (κ2) is 8.29. The number of hydrogen-bond acceptors (Lipinski definition) is 4. The van der Waals surface area contributed by atoms with Crippen molar-refractivity contribution in [2.24, 2.45) is 0 Å². The molecule has 0 aromatic heterocycles. The molecule has 1 aromatic carbocycles. The first-order valence-corrected chi connectivity index (χ1v) is 7.84. The van der Waals surface area contributed by atoms with E-state index in [1.165, 1.54) is 0 Å². The van der Waals surface area contributed by atoms with Gasteiger partial charge in [-0.15, -0.1) is 0 Å². The summed E-state index contributed by atoms with van der Waals surface area (Å²) in [5.41, 5.74) is 1.38. The van der Waals surface area contributed by atoms with Crippen LogP contribution in [0.3, 0.4) is 0 Å². The Kier molecular flexibility index (Phi) is 6.38. The summed E-state index contributed by atoms with van der Waals surface area (Å²) >= 11 is 6.01. The average molecular weight is 341 g/mol. The lowest BCUT2D eigenvalue weighted by Crippen LogP contribution is -2.50. The van der Waals surface area contributed by atoms with Crippen LogP contribution in [0.25, 0.3) is 0 Å². The zero-order valence-electron chi connectivity index (χ0n) is 13.2. The van der Waals surface area contributed by atoms with Gasteiger partial charge in [-0.3, -0.25) is 9.59 Å². The van der Waals surface area contributed by atoms with E-state index in [1.54, 1.807) is 25.3 Å². The standard InChI is InChI=1S/C16H21ClN2O4/c1-10-11(17)4-3-5-12(10)18-15(20)8-16(21)19-13-6-7-23-9-14(13)22-2/h3-5,13-14H,6-9H2,1-2H3,(H,18,20)(H,19,21)/t13-,14-/m0/s1. The Morgan fingerprint density at radius 2 is 2.17 bits per heavy atom. The molecule has 0 spiro atoms. The minimum atomic E-state index is -0.381. The molecule has 0 saturated carbocycles. The second-order valence-corrected chi connectivity index (χ2v) is 5.86. The highest BCUT2D eigenvalue weighted by Crippen LogP contribution is 2.23. The number of rotatable bonds is 5. The van der Waals surface area contributed by atoms with Crippen molar-refractivity contribution >= 4 is 29.1 Å². The summed E-state index contributed by atoms with van der Waals surface area (Å²) in [6, 6.07) is 5.10. The third-order valence-electron chi connectivity index (χ3n) is 3.82. The van der Waals surface area contributed by atoms with E-state index in [0.29, 0.717) is 30.3 Å². The fourth-order valence-electron chi connectivity index (χ4n) is 2.45. The van der Waals surface area contributed by atoms with Crippen LogP contribution in [0.15, 0.2) is 18.2 Å². The molecule has 1 aliphatic rings. The maximum atomic E-state index is 12.0. The Morgan fingerprint density at radius 3 is 2.91 bits per heavy atom. The van der Waals surface area contributed by atoms with Gasteiger partial charge in [-0.25, -0.2) is 0 Å². The summed E-state index contributed by atoms with van der Waals surface area (Å²) in [7, 11) is 1.58. The summed E-state index contributed by atoms with van der Waals surface area (Å²) < 4.78 is 10.6. The van der Waals surface area contributed by atoms with Crippen LogP contribution < -0.4 is 10.6 Å². The maximum Gasteiger partial charge on any atom is 0.233 e. The van der Waals surface area contributed by atoms with Crippen LogP contribution in [-0.2, 0) is 19.1 Å². The molecule has 1 aromatic rings. The molecule has 0 bridgehead atoms. The summed E-state index contributed by atoms with van der Waals surface area (Å²) in [4.78, 5) is 24.0. The van der Waals surface area contributed by atoms with Crippen LogP contribution in [0.5, 0.6) is 0 Å². The van der Waals surface area contributed by atoms with Crippen molar-refractivity contribution in [2.75, 3.05) is 25.6 Å². The van der Waals surface area contributed by atoms with Crippen LogP contribution in [0, 0.1) is 6.92 Å². The van der Waals surface area contributed by atoms with Crippen molar-refractivity contribution in [2.45, 2.75) is 31.9 Å². The van der Waals surface area contributed by atoms with Gasteiger partial charge in [0.2, 0.25) is 11.8 Å². The van der Waals surface area contributed by atoms with Crippen LogP contribution >= 0.6 is 11.6 Å². The lowest BCUT2D eigenvalue weighted by molar-refractivity contribution is -0.129. The summed E-state index contributed by atoms with van der Waals surface area (Å²) in [6.07, 6.45) is 0.227. The highest BCUT2D eigenvalue weighted by atomic mass is 35.5. The van der Waals surface area contributed by atoms with E-state index in [2.05, 4.69) is 10.6 Å². The van der Waals surface area contributed by atoms with Gasteiger partial charge in [0.15, 0.2) is 0 Å². The monoisotopic (exact) mass is 340 g/mol. The first-order chi connectivity index (χ1) is 11.0. The lowest BCUT2D eigenvalue weighted by atomic mass is 10.1. The molecule has 2 atom stereocenters. The molecule has 126 valence electrons. The summed E-state index contributed by atoms with van der Waals surface area (Å²) in [6.45, 7) is 2.82. The number of benzene rings is 1. The van der Waals surface area contributed by atoms with Crippen LogP contribution in [0.4, 0.5) is 5.69 Å². The number of halogens is 1. The Balaban J connectivity index is 1.87. The molecule has 0 unspecified atom stereocenters. The third-order valence-corrected chi connectivity index (χ3v) is 4.23. The fraction of sp³-hybridized carbons (Fsp3) is 0.500. The number of carbonyl (C=O) groups is 2. The summed E-state index contributed by atoms with van der Waals surface area (Å²) in [5.74, 6) is -0.718. The van der Waals surface area contributed by atoms with Gasteiger partial charge in [0.1, 0.15) is 12.5 Å². The number of hydrogen-bond donors (Lipinski definition) is 2. The Labute approximate surface area is 140 Å². The SMILES string of the molecule is CO[C@H]1COCC[C@@H]1NC(=O)CC(=O)Nc1cccc(Cl)c1C. The largest absolute Gasteiger partial charge is 0.379 e. The van der Waals surface area contributed by atoms with Gasteiger partial charge >= 0.3 is 0 Å². The van der Waals surface area contributed by atoms with Crippen LogP contribution in [0.2, 0.25) is 5.02 Å². The molecule has 0 aliphatic carbocycles. The molecule has 1 fully saturated rings. The molecule has 1 aliphatic heterocycles. The van der Waals surface area contributed by atoms with Crippen molar-refractivity contribution in [3.05, 3.63) is 28.8 Å². The van der Waals surface area contributed by atoms with E-state index in [9.17, 15) is 9.59 Å². The molecule has 2 amide bonds. The van der Waals surface area contributed by atoms with E-state index in [1.807, 2.05) is 6.92 Å². The molecular weight excluding hydrogens is 320 g/mol. The molecule has 23 heavy (non-hydrogen) atoms. The van der Waals surface area contributed by atoms with E-state index >= 15 is 0 Å². The molecule has 2 rings (SSSR count). The van der Waals surface area contributed by atoms with Crippen molar-refractivity contribution in [1.29, 1.82) is 0 Å². The number of ether oxygens (including phenoxy) is 2. The van der Waals surface area contributed by atoms with Gasteiger partial charge in [-0.05, 0) is 31.0 Å². The van der Waals surface area contributed by atoms with Gasteiger partial charge in [0, 0.05) is 24.4 Å². The van der Waals surface area contributed by atoms with Gasteiger partial charge in [0.05, 0.1) is 12.6 Å². The van der Waals surface area contributed by atoms with Gasteiger partial charge in [0.25, 0.3) is 0 Å². The number of amides is 2. The highest BCUT2D eigenvalue weighted by Gasteiger charge is 2.27. The quantitative estimate of drug-likeness (QED) is 0.803. The second-order valence-electron chi connectivity index (χ2n) is 5.45. The van der Waals surface area contributed by atoms with E-state index in [4.69, 9.17) is 21.1 Å². The normalized spacial score (nSPS) is 20.8. The van der Waals surface area contributed by atoms with Crippen LogP contribution in [-0.4, -0.2) is 44.3 Å². The Hall–Kier alpha value is -1.63. The molecule has 2 N–H and O–H groups in total. The summed E-state index contributed by atoms with van der Waals surface area (Å²) in [5, 5.41) is 6.10. The highest BCUT2D eigenvalue weighted by molar-refractivity contribution is 6.31. The fourth-order valence-corrected chi connectivity index (χ4v) is 2.62. The third kappa shape index (κ3) is 4.92. The van der Waals surface area contributed by atoms with Gasteiger partial charge in [-0.1, -0.05) is 17.7 Å². The molecule has 1 saturated heterocycles. The topological polar surface area (TPSA) is 76.7 Å².